The molecule has 4 heteroatoms. The first-order valence-corrected chi connectivity index (χ1v) is 4.77. The maximum absolute atomic E-state index is 11.5. The SMILES string of the molecule is NCC(=O)N1CCCc2ncccc21. The third-order valence-electron chi connectivity index (χ3n) is 2.43. The van der Waals surface area contributed by atoms with Gasteiger partial charge in [-0.05, 0) is 25.0 Å². The lowest BCUT2D eigenvalue weighted by Gasteiger charge is -2.28. The van der Waals surface area contributed by atoms with Crippen LogP contribution >= 0.6 is 0 Å². The molecule has 0 saturated heterocycles. The van der Waals surface area contributed by atoms with Crippen LogP contribution in [0.15, 0.2) is 18.3 Å². The van der Waals surface area contributed by atoms with E-state index < -0.39 is 0 Å². The maximum atomic E-state index is 11.5. The van der Waals surface area contributed by atoms with Crippen molar-refractivity contribution < 1.29 is 4.79 Å². The van der Waals surface area contributed by atoms with Gasteiger partial charge < -0.3 is 10.6 Å². The van der Waals surface area contributed by atoms with Gasteiger partial charge in [-0.15, -0.1) is 0 Å². The zero-order chi connectivity index (χ0) is 9.97. The van der Waals surface area contributed by atoms with E-state index in [2.05, 4.69) is 4.98 Å². The molecular formula is C10H13N3O. The molecule has 0 spiro atoms. The zero-order valence-corrected chi connectivity index (χ0v) is 7.94. The molecule has 0 radical (unpaired) electrons. The summed E-state index contributed by atoms with van der Waals surface area (Å²) in [4.78, 5) is 17.5. The van der Waals surface area contributed by atoms with Crippen molar-refractivity contribution in [1.29, 1.82) is 0 Å². The number of nitrogens with two attached hydrogens (primary N) is 1. The molecule has 0 aliphatic carbocycles. The van der Waals surface area contributed by atoms with Crippen molar-refractivity contribution in [2.75, 3.05) is 18.0 Å². The molecule has 0 aromatic carbocycles. The Bertz CT molecular complexity index is 351. The molecule has 74 valence electrons. The highest BCUT2D eigenvalue weighted by molar-refractivity contribution is 5.95. The highest BCUT2D eigenvalue weighted by Crippen LogP contribution is 2.24. The van der Waals surface area contributed by atoms with Crippen LogP contribution in [-0.2, 0) is 11.2 Å². The van der Waals surface area contributed by atoms with E-state index in [-0.39, 0.29) is 12.5 Å². The Labute approximate surface area is 82.7 Å². The van der Waals surface area contributed by atoms with Gasteiger partial charge >= 0.3 is 0 Å². The summed E-state index contributed by atoms with van der Waals surface area (Å²) < 4.78 is 0. The van der Waals surface area contributed by atoms with Crippen LogP contribution in [-0.4, -0.2) is 24.0 Å². The minimum atomic E-state index is -0.0287. The van der Waals surface area contributed by atoms with Crippen LogP contribution < -0.4 is 10.6 Å². The van der Waals surface area contributed by atoms with Crippen molar-refractivity contribution in [2.45, 2.75) is 12.8 Å². The van der Waals surface area contributed by atoms with Gasteiger partial charge in [-0.25, -0.2) is 0 Å². The predicted molar refractivity (Wildman–Crippen MR) is 54.0 cm³/mol. The molecule has 2 heterocycles. The Morgan fingerprint density at radius 3 is 3.29 bits per heavy atom. The summed E-state index contributed by atoms with van der Waals surface area (Å²) in [5.74, 6) is -0.0287. The standard InChI is InChI=1S/C10H13N3O/c11-7-10(14)13-6-2-3-8-9(13)4-1-5-12-8/h1,4-5H,2-3,6-7,11H2. The molecule has 2 N–H and O–H groups in total. The first-order chi connectivity index (χ1) is 6.83. The molecule has 14 heavy (non-hydrogen) atoms. The van der Waals surface area contributed by atoms with Gasteiger partial charge in [-0.3, -0.25) is 9.78 Å². The molecule has 0 saturated carbocycles. The summed E-state index contributed by atoms with van der Waals surface area (Å²) in [6.45, 7) is 0.822. The van der Waals surface area contributed by atoms with Gasteiger partial charge in [-0.1, -0.05) is 0 Å². The van der Waals surface area contributed by atoms with Crippen molar-refractivity contribution in [1.82, 2.24) is 4.98 Å². The summed E-state index contributed by atoms with van der Waals surface area (Å²) in [7, 11) is 0. The Balaban J connectivity index is 2.35. The van der Waals surface area contributed by atoms with E-state index in [1.54, 1.807) is 11.1 Å². The fourth-order valence-corrected chi connectivity index (χ4v) is 1.76. The molecule has 0 bridgehead atoms. The van der Waals surface area contributed by atoms with Crippen LogP contribution in [0.1, 0.15) is 12.1 Å². The van der Waals surface area contributed by atoms with Gasteiger partial charge in [0.2, 0.25) is 5.91 Å². The Kier molecular flexibility index (Phi) is 2.45. The van der Waals surface area contributed by atoms with E-state index in [4.69, 9.17) is 5.73 Å². The number of nitrogens with zero attached hydrogens (tertiary/aromatic N) is 2. The quantitative estimate of drug-likeness (QED) is 0.695. The average Bonchev–Trinajstić information content (AvgIpc) is 2.27. The van der Waals surface area contributed by atoms with Crippen molar-refractivity contribution in [2.24, 2.45) is 5.73 Å². The fraction of sp³-hybridized carbons (Fsp3) is 0.400. The van der Waals surface area contributed by atoms with Crippen molar-refractivity contribution in [3.63, 3.8) is 0 Å². The molecule has 0 unspecified atom stereocenters. The second kappa shape index (κ2) is 3.75. The van der Waals surface area contributed by atoms with Crippen molar-refractivity contribution >= 4 is 11.6 Å². The number of aromatic nitrogens is 1. The van der Waals surface area contributed by atoms with Gasteiger partial charge in [0.05, 0.1) is 17.9 Å². The fourth-order valence-electron chi connectivity index (χ4n) is 1.76. The first kappa shape index (κ1) is 9.15. The molecule has 1 amide bonds. The van der Waals surface area contributed by atoms with E-state index >= 15 is 0 Å². The summed E-state index contributed by atoms with van der Waals surface area (Å²) in [5.41, 5.74) is 7.27. The number of rotatable bonds is 1. The molecule has 1 aliphatic rings. The minimum absolute atomic E-state index is 0.0287. The van der Waals surface area contributed by atoms with Gasteiger partial charge in [0.1, 0.15) is 0 Å². The highest BCUT2D eigenvalue weighted by Gasteiger charge is 2.21. The van der Waals surface area contributed by atoms with Gasteiger partial charge in [0.25, 0.3) is 0 Å². The smallest absolute Gasteiger partial charge is 0.240 e. The number of hydrogen-bond donors (Lipinski definition) is 1. The second-order valence-corrected chi connectivity index (χ2v) is 3.32. The summed E-state index contributed by atoms with van der Waals surface area (Å²) in [6, 6.07) is 3.77. The number of fused-ring (bicyclic) bond motifs is 1. The van der Waals surface area contributed by atoms with Crippen LogP contribution in [0.3, 0.4) is 0 Å². The lowest BCUT2D eigenvalue weighted by molar-refractivity contribution is -0.117. The number of anilines is 1. The largest absolute Gasteiger partial charge is 0.322 e. The van der Waals surface area contributed by atoms with Crippen LogP contribution in [0.4, 0.5) is 5.69 Å². The van der Waals surface area contributed by atoms with Gasteiger partial charge in [-0.2, -0.15) is 0 Å². The third kappa shape index (κ3) is 1.48. The van der Waals surface area contributed by atoms with E-state index in [1.807, 2.05) is 12.1 Å². The predicted octanol–water partition coefficient (Wildman–Crippen LogP) is 0.320. The van der Waals surface area contributed by atoms with Crippen LogP contribution in [0.5, 0.6) is 0 Å². The van der Waals surface area contributed by atoms with Gasteiger partial charge in [0, 0.05) is 12.7 Å². The molecule has 1 aromatic heterocycles. The number of hydrogen-bond acceptors (Lipinski definition) is 3. The zero-order valence-electron chi connectivity index (χ0n) is 7.94. The number of aryl methyl sites for hydroxylation is 1. The minimum Gasteiger partial charge on any atom is -0.322 e. The van der Waals surface area contributed by atoms with E-state index in [1.165, 1.54) is 0 Å². The number of carbonyl (C=O) groups is 1. The van der Waals surface area contributed by atoms with E-state index in [0.717, 1.165) is 30.8 Å². The molecule has 4 nitrogen and oxygen atoms in total. The normalized spacial score (nSPS) is 15.1. The molecular weight excluding hydrogens is 178 g/mol. The topological polar surface area (TPSA) is 59.2 Å². The first-order valence-electron chi connectivity index (χ1n) is 4.77. The molecule has 0 fully saturated rings. The van der Waals surface area contributed by atoms with Crippen molar-refractivity contribution in [3.8, 4) is 0 Å². The number of amides is 1. The monoisotopic (exact) mass is 191 g/mol. The molecule has 2 rings (SSSR count). The van der Waals surface area contributed by atoms with E-state index in [0.29, 0.717) is 0 Å². The van der Waals surface area contributed by atoms with Crippen LogP contribution in [0.25, 0.3) is 0 Å². The summed E-state index contributed by atoms with van der Waals surface area (Å²) in [6.07, 6.45) is 3.68. The maximum Gasteiger partial charge on any atom is 0.240 e. The van der Waals surface area contributed by atoms with Crippen LogP contribution in [0.2, 0.25) is 0 Å². The number of carbonyl (C=O) groups excluding carboxylic acids is 1. The Morgan fingerprint density at radius 1 is 1.64 bits per heavy atom. The van der Waals surface area contributed by atoms with Gasteiger partial charge in [0.15, 0.2) is 0 Å². The van der Waals surface area contributed by atoms with Crippen molar-refractivity contribution in [3.05, 3.63) is 24.0 Å². The van der Waals surface area contributed by atoms with E-state index in [9.17, 15) is 4.79 Å². The molecule has 0 atom stereocenters. The van der Waals surface area contributed by atoms with Crippen LogP contribution in [0, 0.1) is 0 Å². The second-order valence-electron chi connectivity index (χ2n) is 3.32. The number of pyridine rings is 1. The lowest BCUT2D eigenvalue weighted by Crippen LogP contribution is -2.39. The summed E-state index contributed by atoms with van der Waals surface area (Å²) >= 11 is 0. The lowest BCUT2D eigenvalue weighted by atomic mass is 10.1. The summed E-state index contributed by atoms with van der Waals surface area (Å²) in [5, 5.41) is 0. The Hall–Kier alpha value is -1.42. The highest BCUT2D eigenvalue weighted by atomic mass is 16.2. The Morgan fingerprint density at radius 2 is 2.50 bits per heavy atom. The molecule has 1 aliphatic heterocycles. The average molecular weight is 191 g/mol. The molecule has 1 aromatic rings. The third-order valence-corrected chi connectivity index (χ3v) is 2.43.